The van der Waals surface area contributed by atoms with Crippen molar-refractivity contribution in [3.05, 3.63) is 40.2 Å². The Bertz CT molecular complexity index is 729. The number of esters is 1. The van der Waals surface area contributed by atoms with Gasteiger partial charge in [-0.3, -0.25) is 0 Å². The van der Waals surface area contributed by atoms with Crippen LogP contribution in [0.1, 0.15) is 26.3 Å². The van der Waals surface area contributed by atoms with E-state index >= 15 is 0 Å². The van der Waals surface area contributed by atoms with Crippen molar-refractivity contribution in [3.63, 3.8) is 0 Å². The molecule has 5 heteroatoms. The summed E-state index contributed by atoms with van der Waals surface area (Å²) in [5.41, 5.74) is 0.860. The molecule has 0 saturated heterocycles. The normalized spacial score (nSPS) is 12.4. The van der Waals surface area contributed by atoms with Crippen LogP contribution in [0.2, 0.25) is 0 Å². The molecule has 0 fully saturated rings. The summed E-state index contributed by atoms with van der Waals surface area (Å²) in [6.07, 6.45) is -0.729. The van der Waals surface area contributed by atoms with Crippen LogP contribution < -0.4 is 10.4 Å². The van der Waals surface area contributed by atoms with Gasteiger partial charge in [0.15, 0.2) is 6.10 Å². The molecule has 0 aliphatic carbocycles. The van der Waals surface area contributed by atoms with Crippen LogP contribution in [-0.4, -0.2) is 18.7 Å². The second-order valence-corrected chi connectivity index (χ2v) is 5.69. The summed E-state index contributed by atoms with van der Waals surface area (Å²) in [6.45, 7) is 7.75. The van der Waals surface area contributed by atoms with E-state index in [4.69, 9.17) is 13.9 Å². The summed E-state index contributed by atoms with van der Waals surface area (Å²) in [4.78, 5) is 23.2. The third-order valence-electron chi connectivity index (χ3n) is 3.13. The quantitative estimate of drug-likeness (QED) is 0.627. The summed E-state index contributed by atoms with van der Waals surface area (Å²) >= 11 is 0. The molecule has 1 aromatic carbocycles. The number of ether oxygens (including phenoxy) is 2. The monoisotopic (exact) mass is 304 g/mol. The first kappa shape index (κ1) is 16.1. The fourth-order valence-corrected chi connectivity index (χ4v) is 2.00. The van der Waals surface area contributed by atoms with Gasteiger partial charge in [0.05, 0.1) is 6.61 Å². The Balaban J connectivity index is 2.14. The molecule has 0 bridgehead atoms. The molecule has 0 saturated carbocycles. The summed E-state index contributed by atoms with van der Waals surface area (Å²) in [5, 5.41) is 0.835. The Morgan fingerprint density at radius 3 is 2.64 bits per heavy atom. The minimum atomic E-state index is -0.729. The van der Waals surface area contributed by atoms with E-state index in [1.807, 2.05) is 20.8 Å². The summed E-state index contributed by atoms with van der Waals surface area (Å²) in [5.74, 6) is 0.309. The molecule has 1 heterocycles. The molecule has 0 radical (unpaired) electrons. The molecule has 1 aromatic heterocycles. The van der Waals surface area contributed by atoms with E-state index in [-0.39, 0.29) is 5.92 Å². The van der Waals surface area contributed by atoms with Crippen LogP contribution in [0.25, 0.3) is 11.0 Å². The van der Waals surface area contributed by atoms with Crippen molar-refractivity contribution in [1.29, 1.82) is 0 Å². The molecule has 2 rings (SSSR count). The third-order valence-corrected chi connectivity index (χ3v) is 3.13. The van der Waals surface area contributed by atoms with Crippen molar-refractivity contribution in [2.75, 3.05) is 6.61 Å². The number of fused-ring (bicyclic) bond motifs is 1. The zero-order chi connectivity index (χ0) is 16.3. The van der Waals surface area contributed by atoms with E-state index in [0.29, 0.717) is 17.9 Å². The fourth-order valence-electron chi connectivity index (χ4n) is 2.00. The fraction of sp³-hybridized carbons (Fsp3) is 0.412. The second-order valence-electron chi connectivity index (χ2n) is 5.69. The number of benzene rings is 1. The van der Waals surface area contributed by atoms with Crippen LogP contribution in [0.5, 0.6) is 5.75 Å². The molecule has 0 spiro atoms. The van der Waals surface area contributed by atoms with Crippen LogP contribution in [0, 0.1) is 12.8 Å². The molecule has 0 aliphatic heterocycles. The van der Waals surface area contributed by atoms with Crippen LogP contribution in [0.4, 0.5) is 0 Å². The van der Waals surface area contributed by atoms with Gasteiger partial charge in [0.1, 0.15) is 11.3 Å². The van der Waals surface area contributed by atoms with E-state index in [0.717, 1.165) is 10.9 Å². The summed E-state index contributed by atoms with van der Waals surface area (Å²) in [6, 6.07) is 6.58. The van der Waals surface area contributed by atoms with E-state index in [9.17, 15) is 9.59 Å². The lowest BCUT2D eigenvalue weighted by atomic mass is 10.1. The van der Waals surface area contributed by atoms with Crippen molar-refractivity contribution in [3.8, 4) is 5.75 Å². The lowest BCUT2D eigenvalue weighted by Crippen LogP contribution is -2.27. The first-order chi connectivity index (χ1) is 10.4. The van der Waals surface area contributed by atoms with Gasteiger partial charge in [-0.05, 0) is 37.5 Å². The molecule has 5 nitrogen and oxygen atoms in total. The minimum absolute atomic E-state index is 0.272. The maximum absolute atomic E-state index is 11.8. The van der Waals surface area contributed by atoms with Crippen LogP contribution in [0.15, 0.2) is 33.5 Å². The van der Waals surface area contributed by atoms with Gasteiger partial charge in [-0.25, -0.2) is 9.59 Å². The van der Waals surface area contributed by atoms with E-state index in [1.165, 1.54) is 6.07 Å². The van der Waals surface area contributed by atoms with Crippen molar-refractivity contribution in [2.45, 2.75) is 33.8 Å². The predicted molar refractivity (Wildman–Crippen MR) is 83.1 cm³/mol. The minimum Gasteiger partial charge on any atom is -0.479 e. The van der Waals surface area contributed by atoms with Gasteiger partial charge in [-0.1, -0.05) is 13.8 Å². The third kappa shape index (κ3) is 3.87. The average molecular weight is 304 g/mol. The lowest BCUT2D eigenvalue weighted by Gasteiger charge is -2.15. The highest BCUT2D eigenvalue weighted by Gasteiger charge is 2.17. The van der Waals surface area contributed by atoms with Crippen LogP contribution in [0.3, 0.4) is 0 Å². The second kappa shape index (κ2) is 6.64. The van der Waals surface area contributed by atoms with Gasteiger partial charge in [-0.2, -0.15) is 0 Å². The SMILES string of the molecule is Cc1cc(=O)oc2cc(O[C@@H](C)C(=O)OCC(C)C)ccc12. The number of aryl methyl sites for hydroxylation is 1. The molecule has 0 aliphatic rings. The molecule has 118 valence electrons. The Labute approximate surface area is 128 Å². The number of carbonyl (C=O) groups excluding carboxylic acids is 1. The lowest BCUT2D eigenvalue weighted by molar-refractivity contribution is -0.152. The highest BCUT2D eigenvalue weighted by atomic mass is 16.6. The van der Waals surface area contributed by atoms with Gasteiger partial charge in [0.2, 0.25) is 0 Å². The van der Waals surface area contributed by atoms with Gasteiger partial charge < -0.3 is 13.9 Å². The van der Waals surface area contributed by atoms with E-state index in [1.54, 1.807) is 25.1 Å². The molecule has 0 unspecified atom stereocenters. The summed E-state index contributed by atoms with van der Waals surface area (Å²) in [7, 11) is 0. The molecular formula is C17H20O5. The number of rotatable bonds is 5. The smallest absolute Gasteiger partial charge is 0.347 e. The van der Waals surface area contributed by atoms with Gasteiger partial charge in [-0.15, -0.1) is 0 Å². The maximum atomic E-state index is 11.8. The van der Waals surface area contributed by atoms with E-state index in [2.05, 4.69) is 0 Å². The standard InChI is InChI=1S/C17H20O5/c1-10(2)9-20-17(19)12(4)21-13-5-6-14-11(3)7-16(18)22-15(14)8-13/h5-8,10,12H,9H2,1-4H3/t12-/m0/s1. The Morgan fingerprint density at radius 1 is 1.23 bits per heavy atom. The molecular weight excluding hydrogens is 284 g/mol. The molecule has 0 N–H and O–H groups in total. The highest BCUT2D eigenvalue weighted by molar-refractivity contribution is 5.81. The Morgan fingerprint density at radius 2 is 1.95 bits per heavy atom. The average Bonchev–Trinajstić information content (AvgIpc) is 2.43. The van der Waals surface area contributed by atoms with Crippen molar-refractivity contribution >= 4 is 16.9 Å². The zero-order valence-electron chi connectivity index (χ0n) is 13.2. The zero-order valence-corrected chi connectivity index (χ0v) is 13.2. The van der Waals surface area contributed by atoms with Gasteiger partial charge in [0, 0.05) is 17.5 Å². The van der Waals surface area contributed by atoms with Crippen molar-refractivity contribution in [1.82, 2.24) is 0 Å². The van der Waals surface area contributed by atoms with Crippen molar-refractivity contribution in [2.24, 2.45) is 5.92 Å². The number of carbonyl (C=O) groups is 1. The largest absolute Gasteiger partial charge is 0.479 e. The molecule has 2 aromatic rings. The Kier molecular flexibility index (Phi) is 4.85. The highest BCUT2D eigenvalue weighted by Crippen LogP contribution is 2.23. The number of hydrogen-bond acceptors (Lipinski definition) is 5. The topological polar surface area (TPSA) is 65.7 Å². The van der Waals surface area contributed by atoms with Crippen LogP contribution in [-0.2, 0) is 9.53 Å². The number of hydrogen-bond donors (Lipinski definition) is 0. The molecule has 22 heavy (non-hydrogen) atoms. The van der Waals surface area contributed by atoms with E-state index < -0.39 is 17.7 Å². The van der Waals surface area contributed by atoms with Crippen molar-refractivity contribution < 1.29 is 18.7 Å². The first-order valence-corrected chi connectivity index (χ1v) is 7.24. The summed E-state index contributed by atoms with van der Waals surface area (Å²) < 4.78 is 15.8. The predicted octanol–water partition coefficient (Wildman–Crippen LogP) is 3.07. The van der Waals surface area contributed by atoms with Gasteiger partial charge >= 0.3 is 11.6 Å². The maximum Gasteiger partial charge on any atom is 0.347 e. The van der Waals surface area contributed by atoms with Crippen LogP contribution >= 0.6 is 0 Å². The Hall–Kier alpha value is -2.30. The molecule has 0 amide bonds. The van der Waals surface area contributed by atoms with Gasteiger partial charge in [0.25, 0.3) is 0 Å². The molecule has 1 atom stereocenters. The first-order valence-electron chi connectivity index (χ1n) is 7.24.